The average molecular weight is 229 g/mol. The van der Waals surface area contributed by atoms with Crippen LogP contribution in [0.5, 0.6) is 11.5 Å². The van der Waals surface area contributed by atoms with Crippen molar-refractivity contribution in [3.8, 4) is 11.5 Å². The third-order valence-electron chi connectivity index (χ3n) is 2.52. The quantitative estimate of drug-likeness (QED) is 0.628. The monoisotopic (exact) mass is 229 g/mol. The normalized spacial score (nSPS) is 10.2. The Hall–Kier alpha value is -2.16. The Kier molecular flexibility index (Phi) is 3.19. The van der Waals surface area contributed by atoms with Crippen molar-refractivity contribution in [3.05, 3.63) is 53.6 Å². The van der Waals surface area contributed by atoms with Gasteiger partial charge >= 0.3 is 0 Å². The highest BCUT2D eigenvalue weighted by molar-refractivity contribution is 5.61. The van der Waals surface area contributed by atoms with Crippen LogP contribution in [-0.4, -0.2) is 5.11 Å². The number of benzene rings is 2. The Morgan fingerprint density at radius 2 is 1.94 bits per heavy atom. The third kappa shape index (κ3) is 2.69. The summed E-state index contributed by atoms with van der Waals surface area (Å²) in [5.41, 5.74) is 8.25. The van der Waals surface area contributed by atoms with Crippen molar-refractivity contribution in [2.75, 3.05) is 5.73 Å². The van der Waals surface area contributed by atoms with Crippen LogP contribution in [0.1, 0.15) is 11.1 Å². The summed E-state index contributed by atoms with van der Waals surface area (Å²) in [5, 5.41) is 9.44. The number of ether oxygens (including phenoxy) is 1. The van der Waals surface area contributed by atoms with E-state index >= 15 is 0 Å². The molecule has 2 rings (SSSR count). The van der Waals surface area contributed by atoms with E-state index in [2.05, 4.69) is 6.07 Å². The molecule has 0 aliphatic carbocycles. The molecule has 0 aromatic heterocycles. The molecule has 0 spiro atoms. The second-order valence-electron chi connectivity index (χ2n) is 3.97. The molecule has 88 valence electrons. The smallest absolute Gasteiger partial charge is 0.146 e. The van der Waals surface area contributed by atoms with Crippen LogP contribution in [0, 0.1) is 6.92 Å². The van der Waals surface area contributed by atoms with Gasteiger partial charge in [0.2, 0.25) is 0 Å². The van der Waals surface area contributed by atoms with Crippen molar-refractivity contribution >= 4 is 5.69 Å². The van der Waals surface area contributed by atoms with Crippen molar-refractivity contribution in [3.63, 3.8) is 0 Å². The van der Waals surface area contributed by atoms with Crippen LogP contribution in [0.3, 0.4) is 0 Å². The minimum atomic E-state index is 0.0479. The molecule has 0 atom stereocenters. The standard InChI is InChI=1S/C14H15NO2/c1-10-4-2-5-11(8-10)9-17-13-7-3-6-12(16)14(13)15/h2-8,16H,9,15H2,1H3. The van der Waals surface area contributed by atoms with Gasteiger partial charge in [-0.05, 0) is 24.6 Å². The van der Waals surface area contributed by atoms with E-state index in [4.69, 9.17) is 10.5 Å². The molecule has 0 fully saturated rings. The molecule has 0 amide bonds. The number of aryl methyl sites for hydroxylation is 1. The first-order valence-corrected chi connectivity index (χ1v) is 5.42. The lowest BCUT2D eigenvalue weighted by Gasteiger charge is -2.10. The first-order chi connectivity index (χ1) is 8.16. The number of rotatable bonds is 3. The van der Waals surface area contributed by atoms with E-state index < -0.39 is 0 Å². The van der Waals surface area contributed by atoms with Gasteiger partial charge < -0.3 is 15.6 Å². The molecule has 3 N–H and O–H groups in total. The van der Waals surface area contributed by atoms with Crippen LogP contribution >= 0.6 is 0 Å². The Morgan fingerprint density at radius 3 is 2.71 bits per heavy atom. The number of aromatic hydroxyl groups is 1. The molecule has 17 heavy (non-hydrogen) atoms. The van der Waals surface area contributed by atoms with Crippen LogP contribution in [-0.2, 0) is 6.61 Å². The van der Waals surface area contributed by atoms with Gasteiger partial charge in [-0.3, -0.25) is 0 Å². The Balaban J connectivity index is 2.10. The summed E-state index contributed by atoms with van der Waals surface area (Å²) in [6.45, 7) is 2.47. The summed E-state index contributed by atoms with van der Waals surface area (Å²) in [7, 11) is 0. The van der Waals surface area contributed by atoms with Gasteiger partial charge in [0.15, 0.2) is 0 Å². The summed E-state index contributed by atoms with van der Waals surface area (Å²) < 4.78 is 5.57. The fourth-order valence-corrected chi connectivity index (χ4v) is 1.62. The zero-order chi connectivity index (χ0) is 12.3. The number of hydrogen-bond acceptors (Lipinski definition) is 3. The topological polar surface area (TPSA) is 55.5 Å². The van der Waals surface area contributed by atoms with Crippen molar-refractivity contribution in [2.45, 2.75) is 13.5 Å². The summed E-state index contributed by atoms with van der Waals surface area (Å²) >= 11 is 0. The Labute approximate surface area is 100 Å². The number of phenolic OH excluding ortho intramolecular Hbond substituents is 1. The van der Waals surface area contributed by atoms with Crippen molar-refractivity contribution in [1.29, 1.82) is 0 Å². The lowest BCUT2D eigenvalue weighted by Crippen LogP contribution is -1.99. The maximum absolute atomic E-state index is 9.44. The maximum Gasteiger partial charge on any atom is 0.146 e. The summed E-state index contributed by atoms with van der Waals surface area (Å²) in [6.07, 6.45) is 0. The molecule has 0 saturated heterocycles. The van der Waals surface area contributed by atoms with E-state index in [1.807, 2.05) is 25.1 Å². The number of nitrogen functional groups attached to an aromatic ring is 1. The predicted molar refractivity (Wildman–Crippen MR) is 68.0 cm³/mol. The van der Waals surface area contributed by atoms with E-state index in [1.54, 1.807) is 12.1 Å². The van der Waals surface area contributed by atoms with Gasteiger partial charge in [-0.1, -0.05) is 35.9 Å². The fraction of sp³-hybridized carbons (Fsp3) is 0.143. The van der Waals surface area contributed by atoms with Gasteiger partial charge in [-0.25, -0.2) is 0 Å². The van der Waals surface area contributed by atoms with Crippen LogP contribution in [0.2, 0.25) is 0 Å². The fourth-order valence-electron chi connectivity index (χ4n) is 1.62. The van der Waals surface area contributed by atoms with Gasteiger partial charge in [0.25, 0.3) is 0 Å². The van der Waals surface area contributed by atoms with Gasteiger partial charge in [-0.15, -0.1) is 0 Å². The molecule has 0 bridgehead atoms. The largest absolute Gasteiger partial charge is 0.506 e. The molecule has 0 radical (unpaired) electrons. The number of anilines is 1. The molecule has 2 aromatic carbocycles. The Morgan fingerprint density at radius 1 is 1.18 bits per heavy atom. The molecule has 0 unspecified atom stereocenters. The first kappa shape index (κ1) is 11.3. The molecule has 3 heteroatoms. The minimum Gasteiger partial charge on any atom is -0.506 e. The highest BCUT2D eigenvalue weighted by atomic mass is 16.5. The third-order valence-corrected chi connectivity index (χ3v) is 2.52. The zero-order valence-electron chi connectivity index (χ0n) is 9.68. The van der Waals surface area contributed by atoms with Crippen LogP contribution in [0.15, 0.2) is 42.5 Å². The highest BCUT2D eigenvalue weighted by Crippen LogP contribution is 2.30. The average Bonchev–Trinajstić information content (AvgIpc) is 2.31. The van der Waals surface area contributed by atoms with Crippen LogP contribution in [0.4, 0.5) is 5.69 Å². The second-order valence-corrected chi connectivity index (χ2v) is 3.97. The lowest BCUT2D eigenvalue weighted by atomic mass is 10.1. The van der Waals surface area contributed by atoms with Crippen molar-refractivity contribution < 1.29 is 9.84 Å². The summed E-state index contributed by atoms with van der Waals surface area (Å²) in [5.74, 6) is 0.554. The van der Waals surface area contributed by atoms with E-state index in [9.17, 15) is 5.11 Å². The number of hydrogen-bond donors (Lipinski definition) is 2. The highest BCUT2D eigenvalue weighted by Gasteiger charge is 2.04. The Bertz CT molecular complexity index is 523. The molecule has 0 aliphatic heterocycles. The van der Waals surface area contributed by atoms with Crippen molar-refractivity contribution in [1.82, 2.24) is 0 Å². The molecule has 0 heterocycles. The molecular weight excluding hydrogens is 214 g/mol. The van der Waals surface area contributed by atoms with Crippen LogP contribution in [0.25, 0.3) is 0 Å². The van der Waals surface area contributed by atoms with E-state index in [0.717, 1.165) is 5.56 Å². The van der Waals surface area contributed by atoms with E-state index in [0.29, 0.717) is 12.4 Å². The second kappa shape index (κ2) is 4.78. The molecule has 0 saturated carbocycles. The number of para-hydroxylation sites is 1. The SMILES string of the molecule is Cc1cccc(COc2cccc(O)c2N)c1. The molecular formula is C14H15NO2. The van der Waals surface area contributed by atoms with Gasteiger partial charge in [-0.2, -0.15) is 0 Å². The van der Waals surface area contributed by atoms with E-state index in [-0.39, 0.29) is 11.4 Å². The maximum atomic E-state index is 9.44. The van der Waals surface area contributed by atoms with Gasteiger partial charge in [0.05, 0.1) is 0 Å². The molecule has 0 aliphatic rings. The van der Waals surface area contributed by atoms with Gasteiger partial charge in [0.1, 0.15) is 23.8 Å². The van der Waals surface area contributed by atoms with Crippen molar-refractivity contribution in [2.24, 2.45) is 0 Å². The minimum absolute atomic E-state index is 0.0479. The number of nitrogens with two attached hydrogens (primary N) is 1. The van der Waals surface area contributed by atoms with Crippen LogP contribution < -0.4 is 10.5 Å². The first-order valence-electron chi connectivity index (χ1n) is 5.42. The van der Waals surface area contributed by atoms with Gasteiger partial charge in [0, 0.05) is 0 Å². The molecule has 2 aromatic rings. The number of phenols is 1. The molecule has 3 nitrogen and oxygen atoms in total. The predicted octanol–water partition coefficient (Wildman–Crippen LogP) is 2.86. The zero-order valence-corrected chi connectivity index (χ0v) is 9.68. The lowest BCUT2D eigenvalue weighted by molar-refractivity contribution is 0.306. The summed E-state index contributed by atoms with van der Waals surface area (Å²) in [6, 6.07) is 13.0. The summed E-state index contributed by atoms with van der Waals surface area (Å²) in [4.78, 5) is 0. The van der Waals surface area contributed by atoms with E-state index in [1.165, 1.54) is 11.6 Å².